The van der Waals surface area contributed by atoms with Crippen LogP contribution in [0.4, 0.5) is 0 Å². The topological polar surface area (TPSA) is 81.6 Å². The van der Waals surface area contributed by atoms with E-state index in [0.29, 0.717) is 17.7 Å². The van der Waals surface area contributed by atoms with Crippen LogP contribution in [-0.2, 0) is 6.42 Å². The molecular weight excluding hydrogens is 304 g/mol. The Hall–Kier alpha value is -2.66. The fourth-order valence-electron chi connectivity index (χ4n) is 1.82. The maximum atomic E-state index is 11.9. The first-order valence-electron chi connectivity index (χ1n) is 6.46. The molecule has 2 aromatic rings. The molecule has 2 aromatic carbocycles. The normalized spacial score (nSPS) is 10.0. The lowest BCUT2D eigenvalue weighted by molar-refractivity contribution is 0.0938. The second kappa shape index (κ2) is 6.87. The molecule has 0 heterocycles. The number of amides is 1. The van der Waals surface area contributed by atoms with Crippen LogP contribution in [-0.4, -0.2) is 16.1 Å². The minimum absolute atomic E-state index is 0.0838. The fourth-order valence-corrected chi connectivity index (χ4v) is 2.00. The quantitative estimate of drug-likeness (QED) is 0.639. The van der Waals surface area contributed by atoms with Gasteiger partial charge in [-0.2, -0.15) is 0 Å². The highest BCUT2D eigenvalue weighted by atomic mass is 35.5. The van der Waals surface area contributed by atoms with Crippen molar-refractivity contribution in [3.8, 4) is 11.5 Å². The number of phenols is 2. The number of nitrogens with one attached hydrogen (secondary N) is 2. The molecule has 0 aromatic heterocycles. The van der Waals surface area contributed by atoms with E-state index < -0.39 is 5.91 Å². The highest BCUT2D eigenvalue weighted by Gasteiger charge is 2.08. The molecule has 1 amide bonds. The van der Waals surface area contributed by atoms with Crippen molar-refractivity contribution in [3.63, 3.8) is 0 Å². The molecule has 0 saturated carbocycles. The number of hydrogen-bond donors (Lipinski definition) is 4. The number of aromatic hydroxyl groups is 2. The number of benzene rings is 2. The number of carbonyl (C=O) groups is 1. The van der Waals surface area contributed by atoms with Gasteiger partial charge in [0.2, 0.25) is 0 Å². The van der Waals surface area contributed by atoms with Crippen LogP contribution in [0.3, 0.4) is 0 Å². The van der Waals surface area contributed by atoms with Crippen molar-refractivity contribution in [1.82, 2.24) is 10.9 Å². The number of phenolic OH excluding ortho intramolecular Hbond substituents is 2. The Morgan fingerprint density at radius 1 is 1.14 bits per heavy atom. The Morgan fingerprint density at radius 3 is 2.59 bits per heavy atom. The van der Waals surface area contributed by atoms with E-state index in [1.165, 1.54) is 18.2 Å². The molecule has 114 valence electrons. The largest absolute Gasteiger partial charge is 0.508 e. The van der Waals surface area contributed by atoms with Crippen LogP contribution < -0.4 is 10.9 Å². The van der Waals surface area contributed by atoms with Gasteiger partial charge in [0.15, 0.2) is 0 Å². The minimum Gasteiger partial charge on any atom is -0.508 e. The van der Waals surface area contributed by atoms with Crippen LogP contribution in [0.15, 0.2) is 54.7 Å². The summed E-state index contributed by atoms with van der Waals surface area (Å²) < 4.78 is 0. The van der Waals surface area contributed by atoms with E-state index in [1.807, 2.05) is 6.07 Å². The summed E-state index contributed by atoms with van der Waals surface area (Å²) in [5.41, 5.74) is 6.92. The van der Waals surface area contributed by atoms with E-state index in [-0.39, 0.29) is 16.5 Å². The molecule has 0 aliphatic carbocycles. The Balaban J connectivity index is 1.90. The molecule has 6 heteroatoms. The summed E-state index contributed by atoms with van der Waals surface area (Å²) in [7, 11) is 0. The third-order valence-corrected chi connectivity index (χ3v) is 3.19. The van der Waals surface area contributed by atoms with E-state index in [1.54, 1.807) is 18.2 Å². The van der Waals surface area contributed by atoms with Crippen molar-refractivity contribution in [2.45, 2.75) is 6.42 Å². The number of hydrogen-bond acceptors (Lipinski definition) is 4. The predicted octanol–water partition coefficient (Wildman–Crippen LogP) is 2.74. The average molecular weight is 319 g/mol. The van der Waals surface area contributed by atoms with Crippen LogP contribution in [0, 0.1) is 0 Å². The molecule has 0 spiro atoms. The summed E-state index contributed by atoms with van der Waals surface area (Å²) in [4.78, 5) is 11.9. The van der Waals surface area contributed by atoms with Crippen molar-refractivity contribution < 1.29 is 15.0 Å². The minimum atomic E-state index is -0.404. The standard InChI is InChI=1S/C16H15ClN2O3/c1-10(7-11-3-2-4-13(20)8-11)18-19-16(22)12-5-6-15(21)14(17)9-12/h2-6,8-9,18,20-21H,1,7H2,(H,19,22). The van der Waals surface area contributed by atoms with Gasteiger partial charge in [-0.15, -0.1) is 0 Å². The molecule has 0 unspecified atom stereocenters. The number of halogens is 1. The SMILES string of the molecule is C=C(Cc1cccc(O)c1)NNC(=O)c1ccc(O)c(Cl)c1. The number of allylic oxidation sites excluding steroid dienone is 1. The highest BCUT2D eigenvalue weighted by Crippen LogP contribution is 2.23. The van der Waals surface area contributed by atoms with Gasteiger partial charge in [0.05, 0.1) is 5.02 Å². The number of carbonyl (C=O) groups excluding carboxylic acids is 1. The van der Waals surface area contributed by atoms with E-state index >= 15 is 0 Å². The molecule has 4 N–H and O–H groups in total. The van der Waals surface area contributed by atoms with Crippen molar-refractivity contribution in [3.05, 3.63) is 70.9 Å². The van der Waals surface area contributed by atoms with Crippen molar-refractivity contribution in [2.24, 2.45) is 0 Å². The molecule has 0 bridgehead atoms. The molecule has 22 heavy (non-hydrogen) atoms. The lowest BCUT2D eigenvalue weighted by atomic mass is 10.1. The average Bonchev–Trinajstić information content (AvgIpc) is 2.47. The summed E-state index contributed by atoms with van der Waals surface area (Å²) in [6.45, 7) is 3.80. The van der Waals surface area contributed by atoms with Crippen LogP contribution >= 0.6 is 11.6 Å². The Labute approximate surface area is 132 Å². The van der Waals surface area contributed by atoms with Crippen LogP contribution in [0.5, 0.6) is 11.5 Å². The van der Waals surface area contributed by atoms with Crippen LogP contribution in [0.1, 0.15) is 15.9 Å². The summed E-state index contributed by atoms with van der Waals surface area (Å²) in [6, 6.07) is 10.9. The zero-order chi connectivity index (χ0) is 16.1. The summed E-state index contributed by atoms with van der Waals surface area (Å²) >= 11 is 5.75. The van der Waals surface area contributed by atoms with Gasteiger partial charge in [0, 0.05) is 17.7 Å². The van der Waals surface area contributed by atoms with Gasteiger partial charge < -0.3 is 15.6 Å². The van der Waals surface area contributed by atoms with Crippen LogP contribution in [0.2, 0.25) is 5.02 Å². The molecule has 5 nitrogen and oxygen atoms in total. The van der Waals surface area contributed by atoms with Gasteiger partial charge in [-0.3, -0.25) is 10.2 Å². The maximum absolute atomic E-state index is 11.9. The zero-order valence-corrected chi connectivity index (χ0v) is 12.4. The lowest BCUT2D eigenvalue weighted by Gasteiger charge is -2.11. The first-order chi connectivity index (χ1) is 10.5. The summed E-state index contributed by atoms with van der Waals surface area (Å²) in [5.74, 6) is -0.313. The molecule has 2 rings (SSSR count). The second-order valence-corrected chi connectivity index (χ2v) is 5.10. The fraction of sp³-hybridized carbons (Fsp3) is 0.0625. The van der Waals surface area contributed by atoms with Crippen molar-refractivity contribution in [1.29, 1.82) is 0 Å². The second-order valence-electron chi connectivity index (χ2n) is 4.70. The third-order valence-electron chi connectivity index (χ3n) is 2.89. The van der Waals surface area contributed by atoms with Crippen molar-refractivity contribution in [2.75, 3.05) is 0 Å². The molecule has 0 aliphatic heterocycles. The Kier molecular flexibility index (Phi) is 4.91. The first-order valence-corrected chi connectivity index (χ1v) is 6.84. The first kappa shape index (κ1) is 15.7. The molecule has 0 radical (unpaired) electrons. The number of rotatable bonds is 5. The third kappa shape index (κ3) is 4.17. The number of hydrazine groups is 1. The smallest absolute Gasteiger partial charge is 0.269 e. The maximum Gasteiger partial charge on any atom is 0.269 e. The van der Waals surface area contributed by atoms with Crippen molar-refractivity contribution >= 4 is 17.5 Å². The highest BCUT2D eigenvalue weighted by molar-refractivity contribution is 6.32. The van der Waals surface area contributed by atoms with Gasteiger partial charge in [0.25, 0.3) is 5.91 Å². The van der Waals surface area contributed by atoms with Gasteiger partial charge in [-0.1, -0.05) is 30.3 Å². The lowest BCUT2D eigenvalue weighted by Crippen LogP contribution is -2.36. The van der Waals surface area contributed by atoms with Gasteiger partial charge in [0.1, 0.15) is 11.5 Å². The molecule has 0 aliphatic rings. The Morgan fingerprint density at radius 2 is 1.91 bits per heavy atom. The molecule has 0 saturated heterocycles. The van der Waals surface area contributed by atoms with Gasteiger partial charge >= 0.3 is 0 Å². The van der Waals surface area contributed by atoms with E-state index in [4.69, 9.17) is 11.6 Å². The predicted molar refractivity (Wildman–Crippen MR) is 84.7 cm³/mol. The van der Waals surface area contributed by atoms with Gasteiger partial charge in [-0.05, 0) is 35.9 Å². The van der Waals surface area contributed by atoms with E-state index in [0.717, 1.165) is 5.56 Å². The summed E-state index contributed by atoms with van der Waals surface area (Å²) in [5, 5.41) is 18.8. The monoisotopic (exact) mass is 318 g/mol. The molecule has 0 atom stereocenters. The van der Waals surface area contributed by atoms with E-state index in [9.17, 15) is 15.0 Å². The zero-order valence-electron chi connectivity index (χ0n) is 11.6. The molecular formula is C16H15ClN2O3. The molecule has 0 fully saturated rings. The van der Waals surface area contributed by atoms with Crippen LogP contribution in [0.25, 0.3) is 0 Å². The van der Waals surface area contributed by atoms with Gasteiger partial charge in [-0.25, -0.2) is 0 Å². The van der Waals surface area contributed by atoms with E-state index in [2.05, 4.69) is 17.4 Å². The summed E-state index contributed by atoms with van der Waals surface area (Å²) in [6.07, 6.45) is 0.449. The Bertz CT molecular complexity index is 716.